The summed E-state index contributed by atoms with van der Waals surface area (Å²) < 4.78 is 5.43. The van der Waals surface area contributed by atoms with E-state index in [2.05, 4.69) is 68.3 Å². The number of nitrogens with one attached hydrogen (secondary N) is 1. The van der Waals surface area contributed by atoms with Crippen molar-refractivity contribution in [2.45, 2.75) is 53.0 Å². The molecular formula is C17H25N3O. The molecule has 1 aromatic heterocycles. The third-order valence-electron chi connectivity index (χ3n) is 3.79. The van der Waals surface area contributed by atoms with Gasteiger partial charge < -0.3 is 9.84 Å². The third-order valence-corrected chi connectivity index (χ3v) is 3.79. The van der Waals surface area contributed by atoms with E-state index < -0.39 is 0 Å². The van der Waals surface area contributed by atoms with E-state index in [0.29, 0.717) is 18.4 Å². The summed E-state index contributed by atoms with van der Waals surface area (Å²) >= 11 is 0. The molecule has 1 aromatic carbocycles. The van der Waals surface area contributed by atoms with Crippen LogP contribution in [0.25, 0.3) is 0 Å². The smallest absolute Gasteiger partial charge is 0.231 e. The van der Waals surface area contributed by atoms with E-state index in [9.17, 15) is 0 Å². The SMILES string of the molecule is CCNC(C)C(C)c1nc(Cc2cc(C)cc(C)c2)no1. The topological polar surface area (TPSA) is 51.0 Å². The average Bonchev–Trinajstić information content (AvgIpc) is 2.85. The van der Waals surface area contributed by atoms with Crippen LogP contribution in [0.15, 0.2) is 22.7 Å². The molecule has 0 fully saturated rings. The van der Waals surface area contributed by atoms with Crippen LogP contribution in [0.2, 0.25) is 0 Å². The minimum atomic E-state index is 0.213. The summed E-state index contributed by atoms with van der Waals surface area (Å²) in [6.45, 7) is 11.5. The zero-order valence-electron chi connectivity index (χ0n) is 13.6. The molecule has 21 heavy (non-hydrogen) atoms. The maximum absolute atomic E-state index is 5.43. The average molecular weight is 287 g/mol. The minimum absolute atomic E-state index is 0.213. The van der Waals surface area contributed by atoms with E-state index in [-0.39, 0.29) is 5.92 Å². The largest absolute Gasteiger partial charge is 0.339 e. The fourth-order valence-corrected chi connectivity index (χ4v) is 2.59. The molecule has 2 atom stereocenters. The highest BCUT2D eigenvalue weighted by atomic mass is 16.5. The molecule has 2 rings (SSSR count). The molecule has 0 amide bonds. The Balaban J connectivity index is 2.09. The monoisotopic (exact) mass is 287 g/mol. The molecule has 0 saturated carbocycles. The number of benzene rings is 1. The molecule has 0 aliphatic heterocycles. The Labute approximate surface area is 127 Å². The van der Waals surface area contributed by atoms with Gasteiger partial charge in [0, 0.05) is 12.5 Å². The summed E-state index contributed by atoms with van der Waals surface area (Å²) in [4.78, 5) is 4.55. The lowest BCUT2D eigenvalue weighted by Gasteiger charge is -2.16. The molecule has 4 heteroatoms. The van der Waals surface area contributed by atoms with Gasteiger partial charge in [-0.1, -0.05) is 48.3 Å². The van der Waals surface area contributed by atoms with Gasteiger partial charge in [-0.15, -0.1) is 0 Å². The van der Waals surface area contributed by atoms with Gasteiger partial charge >= 0.3 is 0 Å². The predicted octanol–water partition coefficient (Wildman–Crippen LogP) is 3.38. The Bertz CT molecular complexity index is 571. The lowest BCUT2D eigenvalue weighted by atomic mass is 10.0. The molecule has 0 aliphatic carbocycles. The zero-order chi connectivity index (χ0) is 15.4. The summed E-state index contributed by atoms with van der Waals surface area (Å²) in [5, 5.41) is 7.51. The van der Waals surface area contributed by atoms with Gasteiger partial charge in [-0.3, -0.25) is 0 Å². The van der Waals surface area contributed by atoms with E-state index in [4.69, 9.17) is 4.52 Å². The van der Waals surface area contributed by atoms with Crippen LogP contribution in [0.4, 0.5) is 0 Å². The summed E-state index contributed by atoms with van der Waals surface area (Å²) in [5.74, 6) is 1.68. The first kappa shape index (κ1) is 15.7. The van der Waals surface area contributed by atoms with Gasteiger partial charge in [-0.2, -0.15) is 4.98 Å². The Kier molecular flexibility index (Phi) is 5.12. The number of aromatic nitrogens is 2. The first-order valence-corrected chi connectivity index (χ1v) is 7.62. The first-order chi connectivity index (χ1) is 9.99. The highest BCUT2D eigenvalue weighted by molar-refractivity contribution is 5.30. The normalized spacial score (nSPS) is 14.1. The van der Waals surface area contributed by atoms with Gasteiger partial charge in [-0.05, 0) is 32.9 Å². The molecule has 4 nitrogen and oxygen atoms in total. The van der Waals surface area contributed by atoms with E-state index in [1.165, 1.54) is 16.7 Å². The molecular weight excluding hydrogens is 262 g/mol. The lowest BCUT2D eigenvalue weighted by Crippen LogP contribution is -2.30. The van der Waals surface area contributed by atoms with Gasteiger partial charge in [0.15, 0.2) is 5.82 Å². The fraction of sp³-hybridized carbons (Fsp3) is 0.529. The van der Waals surface area contributed by atoms with Crippen LogP contribution in [-0.4, -0.2) is 22.7 Å². The molecule has 1 heterocycles. The van der Waals surface area contributed by atoms with Gasteiger partial charge in [0.2, 0.25) is 5.89 Å². The van der Waals surface area contributed by atoms with Crippen LogP contribution < -0.4 is 5.32 Å². The maximum Gasteiger partial charge on any atom is 0.231 e. The van der Waals surface area contributed by atoms with Gasteiger partial charge in [-0.25, -0.2) is 0 Å². The predicted molar refractivity (Wildman–Crippen MR) is 84.6 cm³/mol. The van der Waals surface area contributed by atoms with Crippen molar-refractivity contribution in [2.24, 2.45) is 0 Å². The Morgan fingerprint density at radius 3 is 2.43 bits per heavy atom. The van der Waals surface area contributed by atoms with Crippen molar-refractivity contribution < 1.29 is 4.52 Å². The van der Waals surface area contributed by atoms with Crippen LogP contribution in [0.1, 0.15) is 55.1 Å². The van der Waals surface area contributed by atoms with E-state index >= 15 is 0 Å². The second-order valence-electron chi connectivity index (χ2n) is 5.86. The number of aryl methyl sites for hydroxylation is 2. The number of hydrogen-bond acceptors (Lipinski definition) is 4. The van der Waals surface area contributed by atoms with Crippen LogP contribution in [0.5, 0.6) is 0 Å². The van der Waals surface area contributed by atoms with Crippen LogP contribution in [0, 0.1) is 13.8 Å². The van der Waals surface area contributed by atoms with Crippen LogP contribution in [-0.2, 0) is 6.42 Å². The van der Waals surface area contributed by atoms with Gasteiger partial charge in [0.05, 0.1) is 5.92 Å². The first-order valence-electron chi connectivity index (χ1n) is 7.62. The van der Waals surface area contributed by atoms with Crippen molar-refractivity contribution in [2.75, 3.05) is 6.54 Å². The molecule has 2 unspecified atom stereocenters. The number of rotatable bonds is 6. The van der Waals surface area contributed by atoms with E-state index in [0.717, 1.165) is 12.4 Å². The molecule has 2 aromatic rings. The molecule has 0 bridgehead atoms. The Morgan fingerprint density at radius 1 is 1.14 bits per heavy atom. The maximum atomic E-state index is 5.43. The van der Waals surface area contributed by atoms with Crippen molar-refractivity contribution in [3.63, 3.8) is 0 Å². The summed E-state index contributed by atoms with van der Waals surface area (Å²) in [6.07, 6.45) is 0.717. The number of nitrogens with zero attached hydrogens (tertiary/aromatic N) is 2. The van der Waals surface area contributed by atoms with Crippen LogP contribution >= 0.6 is 0 Å². The highest BCUT2D eigenvalue weighted by Crippen LogP contribution is 2.18. The number of hydrogen-bond donors (Lipinski definition) is 1. The van der Waals surface area contributed by atoms with Crippen molar-refractivity contribution >= 4 is 0 Å². The molecule has 0 aliphatic rings. The van der Waals surface area contributed by atoms with Crippen molar-refractivity contribution in [3.8, 4) is 0 Å². The van der Waals surface area contributed by atoms with E-state index in [1.54, 1.807) is 0 Å². The summed E-state index contributed by atoms with van der Waals surface area (Å²) in [6, 6.07) is 6.84. The van der Waals surface area contributed by atoms with Crippen molar-refractivity contribution in [1.82, 2.24) is 15.5 Å². The third kappa shape index (κ3) is 4.14. The van der Waals surface area contributed by atoms with Crippen molar-refractivity contribution in [1.29, 1.82) is 0 Å². The minimum Gasteiger partial charge on any atom is -0.339 e. The van der Waals surface area contributed by atoms with Crippen molar-refractivity contribution in [3.05, 3.63) is 46.6 Å². The standard InChI is InChI=1S/C17H25N3O/c1-6-18-14(5)13(4)17-19-16(20-21-17)10-15-8-11(2)7-12(3)9-15/h7-9,13-14,18H,6,10H2,1-5H3. The summed E-state index contributed by atoms with van der Waals surface area (Å²) in [5.41, 5.74) is 3.76. The van der Waals surface area contributed by atoms with Gasteiger partial charge in [0.1, 0.15) is 0 Å². The number of likely N-dealkylation sites (N-methyl/N-ethyl adjacent to an activating group) is 1. The molecule has 0 saturated heterocycles. The molecule has 1 N–H and O–H groups in total. The van der Waals surface area contributed by atoms with E-state index in [1.807, 2.05) is 0 Å². The van der Waals surface area contributed by atoms with Gasteiger partial charge in [0.25, 0.3) is 0 Å². The molecule has 114 valence electrons. The molecule has 0 spiro atoms. The summed E-state index contributed by atoms with van der Waals surface area (Å²) in [7, 11) is 0. The zero-order valence-corrected chi connectivity index (χ0v) is 13.6. The fourth-order valence-electron chi connectivity index (χ4n) is 2.59. The highest BCUT2D eigenvalue weighted by Gasteiger charge is 2.20. The quantitative estimate of drug-likeness (QED) is 0.885. The second kappa shape index (κ2) is 6.85. The Hall–Kier alpha value is -1.68. The van der Waals surface area contributed by atoms with Crippen LogP contribution in [0.3, 0.4) is 0 Å². The lowest BCUT2D eigenvalue weighted by molar-refractivity contribution is 0.330. The Morgan fingerprint density at radius 2 is 1.81 bits per heavy atom. The second-order valence-corrected chi connectivity index (χ2v) is 5.86. The molecule has 0 radical (unpaired) electrons.